The van der Waals surface area contributed by atoms with E-state index in [-0.39, 0.29) is 16.7 Å². The molecule has 4 aliphatic carbocycles. The molecule has 1 aromatic carbocycles. The standard InChI is InChI=1S/C24H32N2O/c1-17-10-20(8-9-25-17)26-21(27)24-13-18-11-22(2,15-24)14-23(12-18,16-24)19-6-4-3-5-7-19/h3-7,17-18,25H,8-16H2,1-2H3/t17-,18?,22?,23?,24?/m0/s1. The van der Waals surface area contributed by atoms with E-state index in [1.807, 2.05) is 0 Å². The number of carbonyl (C=O) groups excluding carboxylic acids is 1. The van der Waals surface area contributed by atoms with Gasteiger partial charge in [-0.15, -0.1) is 0 Å². The van der Waals surface area contributed by atoms with Crippen LogP contribution in [0.25, 0.3) is 0 Å². The molecule has 4 saturated carbocycles. The van der Waals surface area contributed by atoms with Gasteiger partial charge in [-0.05, 0) is 74.2 Å². The van der Waals surface area contributed by atoms with Gasteiger partial charge in [-0.3, -0.25) is 4.79 Å². The zero-order valence-electron chi connectivity index (χ0n) is 16.8. The smallest absolute Gasteiger partial charge is 0.251 e. The Labute approximate surface area is 163 Å². The summed E-state index contributed by atoms with van der Waals surface area (Å²) in [4.78, 5) is 18.3. The molecule has 0 aromatic heterocycles. The lowest BCUT2D eigenvalue weighted by Gasteiger charge is -2.65. The second-order valence-electron chi connectivity index (χ2n) is 10.5. The summed E-state index contributed by atoms with van der Waals surface area (Å²) >= 11 is 0. The van der Waals surface area contributed by atoms with Crippen molar-refractivity contribution in [1.29, 1.82) is 0 Å². The van der Waals surface area contributed by atoms with Crippen molar-refractivity contribution >= 4 is 11.6 Å². The Hall–Kier alpha value is -1.48. The quantitative estimate of drug-likeness (QED) is 0.829. The van der Waals surface area contributed by atoms with Crippen LogP contribution in [0.4, 0.5) is 0 Å². The van der Waals surface area contributed by atoms with Gasteiger partial charge in [0.05, 0.1) is 5.41 Å². The minimum Gasteiger partial charge on any atom is -0.314 e. The number of hydrogen-bond acceptors (Lipinski definition) is 2. The summed E-state index contributed by atoms with van der Waals surface area (Å²) in [5.41, 5.74) is 2.85. The fourth-order valence-electron chi connectivity index (χ4n) is 7.63. The highest BCUT2D eigenvalue weighted by molar-refractivity contribution is 5.99. The summed E-state index contributed by atoms with van der Waals surface area (Å²) in [6, 6.07) is 11.5. The normalized spacial score (nSPS) is 44.6. The van der Waals surface area contributed by atoms with E-state index in [0.29, 0.717) is 17.4 Å². The number of rotatable bonds is 2. The summed E-state index contributed by atoms with van der Waals surface area (Å²) in [5.74, 6) is 0.893. The number of carbonyl (C=O) groups is 1. The first kappa shape index (κ1) is 17.6. The lowest BCUT2D eigenvalue weighted by molar-refractivity contribution is -0.156. The van der Waals surface area contributed by atoms with Crippen molar-refractivity contribution in [2.45, 2.75) is 76.7 Å². The van der Waals surface area contributed by atoms with E-state index < -0.39 is 0 Å². The lowest BCUT2D eigenvalue weighted by atomic mass is 9.38. The fourth-order valence-corrected chi connectivity index (χ4v) is 7.63. The molecular weight excluding hydrogens is 332 g/mol. The van der Waals surface area contributed by atoms with Crippen molar-refractivity contribution < 1.29 is 4.79 Å². The molecule has 144 valence electrons. The van der Waals surface area contributed by atoms with Crippen molar-refractivity contribution in [3.05, 3.63) is 35.9 Å². The van der Waals surface area contributed by atoms with Gasteiger partial charge in [0, 0.05) is 24.7 Å². The molecule has 1 amide bonds. The van der Waals surface area contributed by atoms with Gasteiger partial charge in [0.15, 0.2) is 0 Å². The third-order valence-corrected chi connectivity index (χ3v) is 7.90. The zero-order chi connectivity index (χ0) is 18.7. The summed E-state index contributed by atoms with van der Waals surface area (Å²) in [7, 11) is 0. The molecule has 1 saturated heterocycles. The average Bonchev–Trinajstić information content (AvgIpc) is 2.60. The number of aliphatic imine (C=N–C) groups is 1. The molecule has 5 atom stereocenters. The van der Waals surface area contributed by atoms with Crippen LogP contribution in [0.1, 0.15) is 70.8 Å². The van der Waals surface area contributed by atoms with E-state index in [2.05, 4.69) is 49.5 Å². The monoisotopic (exact) mass is 364 g/mol. The van der Waals surface area contributed by atoms with E-state index in [1.54, 1.807) is 0 Å². The van der Waals surface area contributed by atoms with Gasteiger partial charge in [-0.1, -0.05) is 37.3 Å². The topological polar surface area (TPSA) is 41.5 Å². The van der Waals surface area contributed by atoms with Crippen LogP contribution in [0.5, 0.6) is 0 Å². The largest absolute Gasteiger partial charge is 0.314 e. The van der Waals surface area contributed by atoms with Crippen molar-refractivity contribution in [3.8, 4) is 0 Å². The highest BCUT2D eigenvalue weighted by atomic mass is 16.1. The Morgan fingerprint density at radius 1 is 1.11 bits per heavy atom. The van der Waals surface area contributed by atoms with Crippen molar-refractivity contribution in [2.24, 2.45) is 21.7 Å². The van der Waals surface area contributed by atoms with E-state index in [1.165, 1.54) is 24.8 Å². The third kappa shape index (κ3) is 2.90. The minimum atomic E-state index is -0.217. The molecule has 3 heteroatoms. The van der Waals surface area contributed by atoms with E-state index in [0.717, 1.165) is 44.4 Å². The van der Waals surface area contributed by atoms with Crippen LogP contribution >= 0.6 is 0 Å². The fraction of sp³-hybridized carbons (Fsp3) is 0.667. The molecule has 5 aliphatic rings. The molecule has 5 fully saturated rings. The SMILES string of the molecule is C[C@H]1CC(=NC(=O)C23CC4CC(C)(C2)CC(c2ccccc2)(C4)C3)CCN1. The molecule has 6 rings (SSSR count). The molecule has 0 radical (unpaired) electrons. The molecule has 1 aromatic rings. The molecule has 3 nitrogen and oxygen atoms in total. The molecule has 0 spiro atoms. The summed E-state index contributed by atoms with van der Waals surface area (Å²) in [6.45, 7) is 5.58. The number of benzene rings is 1. The lowest BCUT2D eigenvalue weighted by Crippen LogP contribution is -2.60. The van der Waals surface area contributed by atoms with Crippen LogP contribution in [0.15, 0.2) is 35.3 Å². The second-order valence-corrected chi connectivity index (χ2v) is 10.5. The number of amides is 1. The van der Waals surface area contributed by atoms with Gasteiger partial charge in [-0.25, -0.2) is 4.99 Å². The van der Waals surface area contributed by atoms with Crippen LogP contribution in [-0.2, 0) is 10.2 Å². The van der Waals surface area contributed by atoms with Gasteiger partial charge >= 0.3 is 0 Å². The predicted octanol–water partition coefficient (Wildman–Crippen LogP) is 4.65. The van der Waals surface area contributed by atoms with Crippen molar-refractivity contribution in [3.63, 3.8) is 0 Å². The van der Waals surface area contributed by atoms with Gasteiger partial charge in [0.1, 0.15) is 0 Å². The van der Waals surface area contributed by atoms with Crippen LogP contribution in [0, 0.1) is 16.7 Å². The Bertz CT molecular complexity index is 787. The average molecular weight is 365 g/mol. The van der Waals surface area contributed by atoms with Gasteiger partial charge < -0.3 is 5.32 Å². The van der Waals surface area contributed by atoms with Crippen LogP contribution in [0.2, 0.25) is 0 Å². The van der Waals surface area contributed by atoms with E-state index in [4.69, 9.17) is 4.99 Å². The number of piperidine rings is 1. The summed E-state index contributed by atoms with van der Waals surface area (Å²) in [6.07, 6.45) is 8.79. The van der Waals surface area contributed by atoms with Gasteiger partial charge in [-0.2, -0.15) is 0 Å². The van der Waals surface area contributed by atoms with Crippen molar-refractivity contribution in [2.75, 3.05) is 6.54 Å². The Kier molecular flexibility index (Phi) is 3.92. The number of nitrogens with zero attached hydrogens (tertiary/aromatic N) is 1. The van der Waals surface area contributed by atoms with Crippen LogP contribution < -0.4 is 5.32 Å². The second kappa shape index (κ2) is 6.01. The predicted molar refractivity (Wildman–Crippen MR) is 109 cm³/mol. The zero-order valence-corrected chi connectivity index (χ0v) is 16.8. The summed E-state index contributed by atoms with van der Waals surface area (Å²) < 4.78 is 0. The first-order valence-corrected chi connectivity index (χ1v) is 10.8. The molecule has 4 bridgehead atoms. The number of nitrogens with one attached hydrogen (secondary N) is 1. The van der Waals surface area contributed by atoms with E-state index in [9.17, 15) is 4.79 Å². The highest BCUT2D eigenvalue weighted by Gasteiger charge is 2.64. The molecule has 1 N–H and O–H groups in total. The van der Waals surface area contributed by atoms with Gasteiger partial charge in [0.2, 0.25) is 0 Å². The van der Waals surface area contributed by atoms with Crippen LogP contribution in [-0.4, -0.2) is 24.2 Å². The van der Waals surface area contributed by atoms with Crippen molar-refractivity contribution in [1.82, 2.24) is 5.32 Å². The maximum atomic E-state index is 13.6. The van der Waals surface area contributed by atoms with Crippen LogP contribution in [0.3, 0.4) is 0 Å². The maximum absolute atomic E-state index is 13.6. The molecular formula is C24H32N2O. The Morgan fingerprint density at radius 2 is 1.93 bits per heavy atom. The maximum Gasteiger partial charge on any atom is 0.251 e. The van der Waals surface area contributed by atoms with E-state index >= 15 is 0 Å². The Morgan fingerprint density at radius 3 is 2.67 bits per heavy atom. The molecule has 1 aliphatic heterocycles. The minimum absolute atomic E-state index is 0.187. The first-order valence-electron chi connectivity index (χ1n) is 10.8. The Balaban J connectivity index is 1.51. The third-order valence-electron chi connectivity index (χ3n) is 7.90. The first-order chi connectivity index (χ1) is 12.9. The highest BCUT2D eigenvalue weighted by Crippen LogP contribution is 2.70. The molecule has 27 heavy (non-hydrogen) atoms. The number of hydrogen-bond donors (Lipinski definition) is 1. The summed E-state index contributed by atoms with van der Waals surface area (Å²) in [5, 5.41) is 3.46. The van der Waals surface area contributed by atoms with Gasteiger partial charge in [0.25, 0.3) is 5.91 Å². The molecule has 1 heterocycles. The molecule has 4 unspecified atom stereocenters.